The first kappa shape index (κ1) is 31.5. The molecule has 2 N–H and O–H groups in total. The largest absolute Gasteiger partial charge is 0.504 e. The highest BCUT2D eigenvalue weighted by Crippen LogP contribution is 2.34. The van der Waals surface area contributed by atoms with E-state index >= 15 is 0 Å². The van der Waals surface area contributed by atoms with Crippen LogP contribution in [-0.2, 0) is 19.1 Å². The molecule has 0 saturated carbocycles. The zero-order valence-corrected chi connectivity index (χ0v) is 23.5. The van der Waals surface area contributed by atoms with E-state index in [9.17, 15) is 19.8 Å². The number of esters is 2. The molecule has 2 atom stereocenters. The number of phenolic OH excluding ortho intramolecular Hbond substituents is 1. The van der Waals surface area contributed by atoms with Crippen molar-refractivity contribution in [1.82, 2.24) is 0 Å². The van der Waals surface area contributed by atoms with Crippen LogP contribution in [0.1, 0.15) is 57.8 Å². The summed E-state index contributed by atoms with van der Waals surface area (Å²) in [6, 6.07) is 9.62. The molecule has 0 spiro atoms. The molecule has 39 heavy (non-hydrogen) atoms. The van der Waals surface area contributed by atoms with Gasteiger partial charge in [-0.2, -0.15) is 0 Å². The van der Waals surface area contributed by atoms with Gasteiger partial charge in [0.05, 0.1) is 14.2 Å². The van der Waals surface area contributed by atoms with Crippen molar-refractivity contribution in [3.8, 4) is 23.0 Å². The number of hydrogen-bond donors (Lipinski definition) is 2. The van der Waals surface area contributed by atoms with Crippen molar-refractivity contribution in [1.29, 1.82) is 0 Å². The maximum absolute atomic E-state index is 12.2. The van der Waals surface area contributed by atoms with Crippen LogP contribution in [0.3, 0.4) is 0 Å². The summed E-state index contributed by atoms with van der Waals surface area (Å²) >= 11 is 0. The molecule has 0 fully saturated rings. The summed E-state index contributed by atoms with van der Waals surface area (Å²) in [5.41, 5.74) is 1.18. The highest BCUT2D eigenvalue weighted by atomic mass is 16.6. The Hall–Kier alpha value is -3.72. The molecule has 0 radical (unpaired) electrons. The molecule has 0 bridgehead atoms. The van der Waals surface area contributed by atoms with E-state index in [0.717, 1.165) is 5.56 Å². The number of carbonyl (C=O) groups excluding carboxylic acids is 2. The Kier molecular flexibility index (Phi) is 12.6. The van der Waals surface area contributed by atoms with Gasteiger partial charge in [-0.15, -0.1) is 0 Å². The molecule has 2 unspecified atom stereocenters. The molecule has 0 saturated heterocycles. The molecular formula is C30H40O9. The normalized spacial score (nSPS) is 12.8. The highest BCUT2D eigenvalue weighted by Gasteiger charge is 2.27. The minimum Gasteiger partial charge on any atom is -0.504 e. The van der Waals surface area contributed by atoms with Gasteiger partial charge in [0.2, 0.25) is 0 Å². The summed E-state index contributed by atoms with van der Waals surface area (Å²) < 4.78 is 27.4. The van der Waals surface area contributed by atoms with E-state index in [-0.39, 0.29) is 48.9 Å². The Morgan fingerprint density at radius 3 is 2.10 bits per heavy atom. The van der Waals surface area contributed by atoms with Gasteiger partial charge in [-0.1, -0.05) is 45.9 Å². The monoisotopic (exact) mass is 544 g/mol. The van der Waals surface area contributed by atoms with Crippen molar-refractivity contribution in [3.05, 3.63) is 53.6 Å². The third-order valence-electron chi connectivity index (χ3n) is 5.57. The van der Waals surface area contributed by atoms with Crippen molar-refractivity contribution in [2.75, 3.05) is 27.4 Å². The van der Waals surface area contributed by atoms with Crippen molar-refractivity contribution in [2.45, 2.75) is 52.7 Å². The van der Waals surface area contributed by atoms with Gasteiger partial charge in [-0.25, -0.2) is 0 Å². The zero-order chi connectivity index (χ0) is 28.9. The van der Waals surface area contributed by atoms with Gasteiger partial charge in [-0.3, -0.25) is 9.59 Å². The van der Waals surface area contributed by atoms with Gasteiger partial charge < -0.3 is 33.9 Å². The number of aromatic hydroxyl groups is 1. The van der Waals surface area contributed by atoms with E-state index in [2.05, 4.69) is 0 Å². The van der Waals surface area contributed by atoms with Crippen molar-refractivity contribution in [3.63, 3.8) is 0 Å². The molecule has 2 aromatic carbocycles. The summed E-state index contributed by atoms with van der Waals surface area (Å²) in [6.07, 6.45) is 1.89. The zero-order valence-electron chi connectivity index (χ0n) is 23.5. The van der Waals surface area contributed by atoms with Crippen LogP contribution in [0.4, 0.5) is 0 Å². The lowest BCUT2D eigenvalue weighted by atomic mass is 10.0. The number of phenols is 1. The predicted octanol–water partition coefficient (Wildman–Crippen LogP) is 5.08. The van der Waals surface area contributed by atoms with Crippen LogP contribution in [0.2, 0.25) is 0 Å². The Bertz CT molecular complexity index is 1110. The van der Waals surface area contributed by atoms with Gasteiger partial charge in [0, 0.05) is 12.8 Å². The molecule has 0 aromatic heterocycles. The average molecular weight is 545 g/mol. The molecule has 0 aliphatic rings. The number of carbonyl (C=O) groups is 2. The number of benzene rings is 2. The predicted molar refractivity (Wildman–Crippen MR) is 147 cm³/mol. The molecule has 0 aliphatic heterocycles. The van der Waals surface area contributed by atoms with Gasteiger partial charge in [-0.05, 0) is 53.3 Å². The summed E-state index contributed by atoms with van der Waals surface area (Å²) in [6.45, 7) is 7.65. The lowest BCUT2D eigenvalue weighted by Gasteiger charge is -2.26. The van der Waals surface area contributed by atoms with Gasteiger partial charge >= 0.3 is 11.9 Å². The van der Waals surface area contributed by atoms with Crippen LogP contribution < -0.4 is 14.2 Å². The van der Waals surface area contributed by atoms with E-state index in [1.54, 1.807) is 30.4 Å². The summed E-state index contributed by atoms with van der Waals surface area (Å²) in [5.74, 6) is 0.519. The fourth-order valence-electron chi connectivity index (χ4n) is 3.62. The molecule has 0 aliphatic carbocycles. The minimum absolute atomic E-state index is 0.0747. The number of rotatable bonds is 15. The Morgan fingerprint density at radius 2 is 1.49 bits per heavy atom. The van der Waals surface area contributed by atoms with E-state index in [0.29, 0.717) is 23.5 Å². The van der Waals surface area contributed by atoms with E-state index in [1.807, 2.05) is 27.7 Å². The minimum atomic E-state index is -1.23. The van der Waals surface area contributed by atoms with Crippen molar-refractivity contribution < 1.29 is 43.5 Å². The number of ether oxygens (including phenoxy) is 5. The maximum Gasteiger partial charge on any atom is 0.306 e. The average Bonchev–Trinajstić information content (AvgIpc) is 2.88. The van der Waals surface area contributed by atoms with Gasteiger partial charge in [0.25, 0.3) is 0 Å². The first-order valence-electron chi connectivity index (χ1n) is 12.9. The Balaban J connectivity index is 2.22. The molecular weight excluding hydrogens is 504 g/mol. The number of aliphatic hydroxyl groups is 1. The molecule has 2 aromatic rings. The SMILES string of the molecule is COc1cc(C(O)C(COC(=O)CC(C)C)Oc2ccc(C=CCOC(=O)CC(C)C)cc2OC)ccc1O. The lowest BCUT2D eigenvalue weighted by Crippen LogP contribution is -2.32. The van der Waals surface area contributed by atoms with E-state index < -0.39 is 18.2 Å². The summed E-state index contributed by atoms with van der Waals surface area (Å²) in [4.78, 5) is 23.9. The van der Waals surface area contributed by atoms with E-state index in [4.69, 9.17) is 23.7 Å². The smallest absolute Gasteiger partial charge is 0.306 e. The number of methoxy groups -OCH3 is 2. The molecule has 9 heteroatoms. The molecule has 0 amide bonds. The molecule has 2 rings (SSSR count). The Labute approximate surface area is 230 Å². The first-order valence-corrected chi connectivity index (χ1v) is 12.9. The second-order valence-corrected chi connectivity index (χ2v) is 9.91. The summed E-state index contributed by atoms with van der Waals surface area (Å²) in [5, 5.41) is 21.1. The van der Waals surface area contributed by atoms with E-state index in [1.165, 1.54) is 32.4 Å². The van der Waals surface area contributed by atoms with Gasteiger partial charge in [0.1, 0.15) is 19.3 Å². The number of aliphatic hydroxyl groups excluding tert-OH is 1. The Morgan fingerprint density at radius 1 is 0.846 bits per heavy atom. The fourth-order valence-corrected chi connectivity index (χ4v) is 3.62. The van der Waals surface area contributed by atoms with Crippen LogP contribution >= 0.6 is 0 Å². The van der Waals surface area contributed by atoms with Crippen LogP contribution in [-0.4, -0.2) is 55.7 Å². The molecule has 0 heterocycles. The van der Waals surface area contributed by atoms with Crippen molar-refractivity contribution in [2.24, 2.45) is 11.8 Å². The first-order chi connectivity index (χ1) is 18.5. The van der Waals surface area contributed by atoms with Crippen LogP contribution in [0.25, 0.3) is 6.08 Å². The lowest BCUT2D eigenvalue weighted by molar-refractivity contribution is -0.149. The quantitative estimate of drug-likeness (QED) is 0.296. The van der Waals surface area contributed by atoms with Gasteiger partial charge in [0.15, 0.2) is 29.1 Å². The highest BCUT2D eigenvalue weighted by molar-refractivity contribution is 5.70. The second-order valence-electron chi connectivity index (χ2n) is 9.91. The maximum atomic E-state index is 12.2. The summed E-state index contributed by atoms with van der Waals surface area (Å²) in [7, 11) is 2.89. The van der Waals surface area contributed by atoms with Crippen molar-refractivity contribution >= 4 is 18.0 Å². The topological polar surface area (TPSA) is 121 Å². The third-order valence-corrected chi connectivity index (χ3v) is 5.57. The molecule has 9 nitrogen and oxygen atoms in total. The molecule has 214 valence electrons. The third kappa shape index (κ3) is 10.5. The van der Waals surface area contributed by atoms with Crippen LogP contribution in [0.5, 0.6) is 23.0 Å². The number of hydrogen-bond acceptors (Lipinski definition) is 9. The fraction of sp³-hybridized carbons (Fsp3) is 0.467. The van der Waals surface area contributed by atoms with Crippen LogP contribution in [0, 0.1) is 11.8 Å². The second kappa shape index (κ2) is 15.6. The standard InChI is InChI=1S/C30H40O9/c1-19(2)14-28(32)37-13-7-8-21-9-12-24(26(16-21)36-6)39-27(18-38-29(33)15-20(3)4)30(34)22-10-11-23(31)25(17-22)35-5/h7-12,16-17,19-20,27,30-31,34H,13-15,18H2,1-6H3. The van der Waals surface area contributed by atoms with Crippen LogP contribution in [0.15, 0.2) is 42.5 Å².